The van der Waals surface area contributed by atoms with Crippen LogP contribution in [-0.4, -0.2) is 17.1 Å². The van der Waals surface area contributed by atoms with E-state index in [0.717, 1.165) is 33.2 Å². The van der Waals surface area contributed by atoms with Crippen LogP contribution < -0.4 is 14.9 Å². The highest BCUT2D eigenvalue weighted by molar-refractivity contribution is 7.07. The Balaban J connectivity index is 1.62. The molecular formula is C23H23N3O2S. The lowest BCUT2D eigenvalue weighted by molar-refractivity contribution is -0.118. The highest BCUT2D eigenvalue weighted by Crippen LogP contribution is 2.37. The Morgan fingerprint density at radius 3 is 2.72 bits per heavy atom. The minimum atomic E-state index is -0.112. The number of aryl methyl sites for hydroxylation is 1. The van der Waals surface area contributed by atoms with Crippen LogP contribution in [-0.2, 0) is 4.79 Å². The molecule has 29 heavy (non-hydrogen) atoms. The van der Waals surface area contributed by atoms with Gasteiger partial charge in [-0.05, 0) is 50.1 Å². The zero-order valence-corrected chi connectivity index (χ0v) is 17.2. The molecule has 5 nitrogen and oxygen atoms in total. The number of carbonyl (C=O) groups is 1. The van der Waals surface area contributed by atoms with Crippen LogP contribution in [0.3, 0.4) is 0 Å². The van der Waals surface area contributed by atoms with Crippen molar-refractivity contribution in [1.29, 1.82) is 0 Å². The maximum atomic E-state index is 11.7. The van der Waals surface area contributed by atoms with Crippen LogP contribution in [0.15, 0.2) is 52.8 Å². The molecule has 3 aromatic rings. The van der Waals surface area contributed by atoms with Crippen molar-refractivity contribution in [3.8, 4) is 17.0 Å². The van der Waals surface area contributed by atoms with Gasteiger partial charge in [-0.3, -0.25) is 4.79 Å². The number of anilines is 1. The second kappa shape index (κ2) is 7.52. The molecule has 1 saturated carbocycles. The molecule has 2 aliphatic rings. The molecule has 1 fully saturated rings. The van der Waals surface area contributed by atoms with Crippen molar-refractivity contribution in [1.82, 2.24) is 4.57 Å². The minimum Gasteiger partial charge on any atom is -0.482 e. The van der Waals surface area contributed by atoms with E-state index in [1.54, 1.807) is 11.3 Å². The topological polar surface area (TPSA) is 55.6 Å². The summed E-state index contributed by atoms with van der Waals surface area (Å²) < 4.78 is 7.91. The summed E-state index contributed by atoms with van der Waals surface area (Å²) >= 11 is 1.67. The van der Waals surface area contributed by atoms with Gasteiger partial charge in [0.1, 0.15) is 5.75 Å². The normalized spacial score (nSPS) is 17.1. The first-order chi connectivity index (χ1) is 14.2. The van der Waals surface area contributed by atoms with E-state index in [9.17, 15) is 4.79 Å². The molecule has 0 spiro atoms. The lowest BCUT2D eigenvalue weighted by Crippen LogP contribution is -2.25. The second-order valence-corrected chi connectivity index (χ2v) is 8.54. The van der Waals surface area contributed by atoms with Gasteiger partial charge in [0.2, 0.25) is 0 Å². The van der Waals surface area contributed by atoms with Crippen LogP contribution in [0.1, 0.15) is 37.3 Å². The van der Waals surface area contributed by atoms with Crippen LogP contribution in [0.25, 0.3) is 11.3 Å². The summed E-state index contributed by atoms with van der Waals surface area (Å²) in [7, 11) is 0. The third kappa shape index (κ3) is 3.60. The number of benzene rings is 2. The molecule has 0 unspecified atom stereocenters. The Kier molecular flexibility index (Phi) is 4.72. The third-order valence-corrected chi connectivity index (χ3v) is 6.44. The predicted octanol–water partition coefficient (Wildman–Crippen LogP) is 5.20. The third-order valence-electron chi connectivity index (χ3n) is 5.60. The van der Waals surface area contributed by atoms with Crippen molar-refractivity contribution in [2.45, 2.75) is 38.6 Å². The summed E-state index contributed by atoms with van der Waals surface area (Å²) in [6, 6.07) is 14.8. The summed E-state index contributed by atoms with van der Waals surface area (Å²) in [6.45, 7) is 2.16. The number of nitrogens with zero attached hydrogens (tertiary/aromatic N) is 2. The van der Waals surface area contributed by atoms with Gasteiger partial charge in [0.05, 0.1) is 17.1 Å². The molecule has 2 aromatic carbocycles. The number of ether oxygens (including phenoxy) is 1. The molecule has 0 radical (unpaired) electrons. The number of fused-ring (bicyclic) bond motifs is 1. The van der Waals surface area contributed by atoms with Crippen molar-refractivity contribution in [3.63, 3.8) is 0 Å². The number of amides is 1. The molecule has 1 aliphatic heterocycles. The van der Waals surface area contributed by atoms with E-state index in [1.165, 1.54) is 31.2 Å². The number of nitrogens with one attached hydrogen (secondary N) is 1. The Morgan fingerprint density at radius 2 is 1.93 bits per heavy atom. The molecule has 1 N–H and O–H groups in total. The molecule has 148 valence electrons. The SMILES string of the molecule is Cc1ccc(N=c2scc(-c3ccc4c(c3)NC(=O)CO4)n2C2CCCC2)cc1. The zero-order valence-electron chi connectivity index (χ0n) is 16.4. The summed E-state index contributed by atoms with van der Waals surface area (Å²) in [5.41, 5.74) is 5.16. The average Bonchev–Trinajstić information content (AvgIpc) is 3.39. The highest BCUT2D eigenvalue weighted by Gasteiger charge is 2.23. The van der Waals surface area contributed by atoms with Gasteiger partial charge in [-0.2, -0.15) is 0 Å². The van der Waals surface area contributed by atoms with Crippen molar-refractivity contribution in [2.75, 3.05) is 11.9 Å². The van der Waals surface area contributed by atoms with Gasteiger partial charge in [0.15, 0.2) is 11.4 Å². The lowest BCUT2D eigenvalue weighted by Gasteiger charge is -2.20. The number of thiazole rings is 1. The van der Waals surface area contributed by atoms with E-state index < -0.39 is 0 Å². The lowest BCUT2D eigenvalue weighted by atomic mass is 10.1. The molecule has 1 aliphatic carbocycles. The van der Waals surface area contributed by atoms with E-state index >= 15 is 0 Å². The largest absolute Gasteiger partial charge is 0.482 e. The van der Waals surface area contributed by atoms with Gasteiger partial charge < -0.3 is 14.6 Å². The fourth-order valence-corrected chi connectivity index (χ4v) is 5.09. The molecular weight excluding hydrogens is 382 g/mol. The predicted molar refractivity (Wildman–Crippen MR) is 116 cm³/mol. The van der Waals surface area contributed by atoms with Gasteiger partial charge in [0, 0.05) is 17.0 Å². The number of rotatable bonds is 3. The van der Waals surface area contributed by atoms with Crippen molar-refractivity contribution in [2.24, 2.45) is 4.99 Å². The molecule has 0 saturated heterocycles. The standard InChI is InChI=1S/C23H23N3O2S/c1-15-6-9-17(10-7-15)24-23-26(18-4-2-3-5-18)20(14-29-23)16-8-11-21-19(12-16)25-22(27)13-28-21/h6-12,14,18H,2-5,13H2,1H3,(H,25,27). The first-order valence-corrected chi connectivity index (χ1v) is 10.9. The van der Waals surface area contributed by atoms with Gasteiger partial charge in [-0.15, -0.1) is 11.3 Å². The van der Waals surface area contributed by atoms with E-state index in [2.05, 4.69) is 52.5 Å². The van der Waals surface area contributed by atoms with Crippen LogP contribution in [0, 0.1) is 6.92 Å². The summed E-state index contributed by atoms with van der Waals surface area (Å²) in [5, 5.41) is 5.10. The van der Waals surface area contributed by atoms with Crippen LogP contribution in [0.2, 0.25) is 0 Å². The summed E-state index contributed by atoms with van der Waals surface area (Å²) in [4.78, 5) is 17.7. The molecule has 0 bridgehead atoms. The number of carbonyl (C=O) groups excluding carboxylic acids is 1. The van der Waals surface area contributed by atoms with Gasteiger partial charge in [-0.25, -0.2) is 4.99 Å². The van der Waals surface area contributed by atoms with Gasteiger partial charge >= 0.3 is 0 Å². The monoisotopic (exact) mass is 405 g/mol. The smallest absolute Gasteiger partial charge is 0.262 e. The number of hydrogen-bond donors (Lipinski definition) is 1. The van der Waals surface area contributed by atoms with E-state index in [-0.39, 0.29) is 12.5 Å². The van der Waals surface area contributed by atoms with Crippen LogP contribution >= 0.6 is 11.3 Å². The first-order valence-electron chi connectivity index (χ1n) is 10.1. The Bertz CT molecular complexity index is 1120. The van der Waals surface area contributed by atoms with Gasteiger partial charge in [0.25, 0.3) is 5.91 Å². The van der Waals surface area contributed by atoms with E-state index in [0.29, 0.717) is 6.04 Å². The van der Waals surface area contributed by atoms with Crippen LogP contribution in [0.4, 0.5) is 11.4 Å². The molecule has 6 heteroatoms. The Labute approximate surface area is 173 Å². The zero-order chi connectivity index (χ0) is 19.8. The molecule has 5 rings (SSSR count). The minimum absolute atomic E-state index is 0.0758. The molecule has 1 aromatic heterocycles. The van der Waals surface area contributed by atoms with Crippen molar-refractivity contribution < 1.29 is 9.53 Å². The summed E-state index contributed by atoms with van der Waals surface area (Å²) in [6.07, 6.45) is 4.86. The Morgan fingerprint density at radius 1 is 1.14 bits per heavy atom. The quantitative estimate of drug-likeness (QED) is 0.651. The van der Waals surface area contributed by atoms with Crippen molar-refractivity contribution in [3.05, 3.63) is 58.2 Å². The fourth-order valence-electron chi connectivity index (χ4n) is 4.10. The number of aromatic nitrogens is 1. The van der Waals surface area contributed by atoms with E-state index in [4.69, 9.17) is 9.73 Å². The summed E-state index contributed by atoms with van der Waals surface area (Å²) in [5.74, 6) is 0.610. The van der Waals surface area contributed by atoms with E-state index in [1.807, 2.05) is 12.1 Å². The first kappa shape index (κ1) is 18.2. The second-order valence-electron chi connectivity index (χ2n) is 7.71. The average molecular weight is 406 g/mol. The Hall–Kier alpha value is -2.86. The maximum Gasteiger partial charge on any atom is 0.262 e. The molecule has 2 heterocycles. The van der Waals surface area contributed by atoms with Crippen LogP contribution in [0.5, 0.6) is 5.75 Å². The highest BCUT2D eigenvalue weighted by atomic mass is 32.1. The van der Waals surface area contributed by atoms with Gasteiger partial charge in [-0.1, -0.05) is 30.5 Å². The number of hydrogen-bond acceptors (Lipinski definition) is 4. The molecule has 0 atom stereocenters. The maximum absolute atomic E-state index is 11.7. The fraction of sp³-hybridized carbons (Fsp3) is 0.304. The van der Waals surface area contributed by atoms with Crippen molar-refractivity contribution >= 4 is 28.6 Å². The molecule has 1 amide bonds.